The first-order valence-corrected chi connectivity index (χ1v) is 11.0. The molecule has 2 aromatic carbocycles. The van der Waals surface area contributed by atoms with Crippen LogP contribution in [0.1, 0.15) is 47.7 Å². The minimum Gasteiger partial charge on any atom is -0.423 e. The van der Waals surface area contributed by atoms with Crippen LogP contribution in [0, 0.1) is 13.8 Å². The molecule has 0 aliphatic carbocycles. The molecule has 0 saturated heterocycles. The van der Waals surface area contributed by atoms with Gasteiger partial charge in [-0.1, -0.05) is 37.3 Å². The van der Waals surface area contributed by atoms with Crippen molar-refractivity contribution in [2.45, 2.75) is 45.9 Å². The molecule has 1 N–H and O–H groups in total. The van der Waals surface area contributed by atoms with Gasteiger partial charge in [0.1, 0.15) is 5.58 Å². The van der Waals surface area contributed by atoms with Crippen LogP contribution < -0.4 is 10.9 Å². The van der Waals surface area contributed by atoms with E-state index in [0.29, 0.717) is 17.1 Å². The molecule has 5 heteroatoms. The fraction of sp³-hybridized carbons (Fsp3) is 0.333. The average molecular weight is 410 g/mol. The first kappa shape index (κ1) is 21.2. The summed E-state index contributed by atoms with van der Waals surface area (Å²) in [6.07, 6.45) is 0.886. The maximum atomic E-state index is 12.4. The summed E-state index contributed by atoms with van der Waals surface area (Å²) in [4.78, 5) is 24.3. The van der Waals surface area contributed by atoms with Gasteiger partial charge in [-0.15, -0.1) is 11.8 Å². The van der Waals surface area contributed by atoms with Gasteiger partial charge < -0.3 is 9.73 Å². The van der Waals surface area contributed by atoms with Gasteiger partial charge in [0.2, 0.25) is 5.91 Å². The summed E-state index contributed by atoms with van der Waals surface area (Å²) in [5.41, 5.74) is 5.86. The highest BCUT2D eigenvalue weighted by atomic mass is 32.2. The Morgan fingerprint density at radius 1 is 1.10 bits per heavy atom. The average Bonchev–Trinajstić information content (AvgIpc) is 2.69. The van der Waals surface area contributed by atoms with E-state index in [1.54, 1.807) is 0 Å². The first-order valence-electron chi connectivity index (χ1n) is 9.87. The lowest BCUT2D eigenvalue weighted by molar-refractivity contribution is -0.119. The standard InChI is InChI=1S/C24H27NO3S/c1-5-18-7-9-21-20(12-24(27)28-22(21)11-18)13-29-14-23(26)25-17(4)19-8-6-15(2)16(3)10-19/h6-12,17H,5,13-14H2,1-4H3,(H,25,26)/t17-/m1/s1. The van der Waals surface area contributed by atoms with Crippen molar-refractivity contribution < 1.29 is 9.21 Å². The van der Waals surface area contributed by atoms with Crippen LogP contribution in [0.4, 0.5) is 0 Å². The lowest BCUT2D eigenvalue weighted by atomic mass is 10.0. The summed E-state index contributed by atoms with van der Waals surface area (Å²) in [5.74, 6) is 0.907. The highest BCUT2D eigenvalue weighted by molar-refractivity contribution is 7.99. The minimum absolute atomic E-state index is 0.0127. The molecule has 1 atom stereocenters. The SMILES string of the molecule is CCc1ccc2c(CSCC(=O)N[C@H](C)c3ccc(C)c(C)c3)cc(=O)oc2c1. The lowest BCUT2D eigenvalue weighted by Crippen LogP contribution is -2.28. The predicted octanol–water partition coefficient (Wildman–Crippen LogP) is 5.08. The summed E-state index contributed by atoms with van der Waals surface area (Å²) in [5, 5.41) is 3.98. The molecule has 0 saturated carbocycles. The lowest BCUT2D eigenvalue weighted by Gasteiger charge is -2.15. The zero-order chi connectivity index (χ0) is 21.0. The number of rotatable bonds is 7. The summed E-state index contributed by atoms with van der Waals surface area (Å²) in [7, 11) is 0. The van der Waals surface area contributed by atoms with Crippen molar-refractivity contribution in [2.24, 2.45) is 0 Å². The van der Waals surface area contributed by atoms with Crippen molar-refractivity contribution >= 4 is 28.6 Å². The summed E-state index contributed by atoms with van der Waals surface area (Å²) in [6.45, 7) is 8.22. The number of nitrogens with one attached hydrogen (secondary N) is 1. The Kier molecular flexibility index (Phi) is 6.80. The molecular formula is C24H27NO3S. The van der Waals surface area contributed by atoms with Crippen LogP contribution in [-0.4, -0.2) is 11.7 Å². The van der Waals surface area contributed by atoms with E-state index < -0.39 is 0 Å². The second-order valence-corrected chi connectivity index (χ2v) is 8.39. The van der Waals surface area contributed by atoms with Crippen molar-refractivity contribution in [1.29, 1.82) is 0 Å². The number of hydrogen-bond acceptors (Lipinski definition) is 4. The molecule has 152 valence electrons. The maximum absolute atomic E-state index is 12.4. The first-order chi connectivity index (χ1) is 13.9. The number of amides is 1. The van der Waals surface area contributed by atoms with E-state index in [2.05, 4.69) is 50.4 Å². The van der Waals surface area contributed by atoms with Crippen LogP contribution in [0.2, 0.25) is 0 Å². The summed E-state index contributed by atoms with van der Waals surface area (Å²) >= 11 is 1.50. The summed E-state index contributed by atoms with van der Waals surface area (Å²) < 4.78 is 5.35. The number of carbonyl (C=O) groups is 1. The van der Waals surface area contributed by atoms with E-state index in [4.69, 9.17) is 4.42 Å². The number of aryl methyl sites for hydroxylation is 3. The summed E-state index contributed by atoms with van der Waals surface area (Å²) in [6, 6.07) is 13.7. The fourth-order valence-corrected chi connectivity index (χ4v) is 4.10. The van der Waals surface area contributed by atoms with E-state index in [9.17, 15) is 9.59 Å². The van der Waals surface area contributed by atoms with E-state index >= 15 is 0 Å². The van der Waals surface area contributed by atoms with Crippen molar-refractivity contribution in [2.75, 3.05) is 5.75 Å². The molecule has 4 nitrogen and oxygen atoms in total. The Morgan fingerprint density at radius 2 is 1.90 bits per heavy atom. The van der Waals surface area contributed by atoms with Crippen LogP contribution >= 0.6 is 11.8 Å². The molecule has 1 amide bonds. The molecule has 0 aliphatic heterocycles. The molecule has 0 unspecified atom stereocenters. The molecule has 0 bridgehead atoms. The second kappa shape index (κ2) is 9.31. The van der Waals surface area contributed by atoms with Gasteiger partial charge in [-0.2, -0.15) is 0 Å². The molecule has 3 rings (SSSR count). The minimum atomic E-state index is -0.353. The van der Waals surface area contributed by atoms with E-state index in [1.165, 1.54) is 29.0 Å². The zero-order valence-corrected chi connectivity index (χ0v) is 18.2. The fourth-order valence-electron chi connectivity index (χ4n) is 3.27. The van der Waals surface area contributed by atoms with Gasteiger partial charge in [-0.3, -0.25) is 4.79 Å². The number of fused-ring (bicyclic) bond motifs is 1. The van der Waals surface area contributed by atoms with Gasteiger partial charge in [0.15, 0.2) is 0 Å². The number of hydrogen-bond donors (Lipinski definition) is 1. The highest BCUT2D eigenvalue weighted by Crippen LogP contribution is 2.23. The number of thioether (sulfide) groups is 1. The molecule has 1 aromatic heterocycles. The van der Waals surface area contributed by atoms with E-state index in [1.807, 2.05) is 19.1 Å². The Hall–Kier alpha value is -2.53. The largest absolute Gasteiger partial charge is 0.423 e. The second-order valence-electron chi connectivity index (χ2n) is 7.40. The Morgan fingerprint density at radius 3 is 2.62 bits per heavy atom. The van der Waals surface area contributed by atoms with Crippen LogP contribution in [0.5, 0.6) is 0 Å². The van der Waals surface area contributed by atoms with Crippen LogP contribution in [0.25, 0.3) is 11.0 Å². The van der Waals surface area contributed by atoms with Crippen molar-refractivity contribution in [3.63, 3.8) is 0 Å². The van der Waals surface area contributed by atoms with Gasteiger partial charge in [0, 0.05) is 17.2 Å². The molecule has 3 aromatic rings. The molecule has 0 fully saturated rings. The third kappa shape index (κ3) is 5.30. The van der Waals surface area contributed by atoms with Crippen LogP contribution in [0.15, 0.2) is 51.7 Å². The molecule has 0 aliphatic rings. The van der Waals surface area contributed by atoms with Gasteiger partial charge in [-0.25, -0.2) is 4.79 Å². The molecular weight excluding hydrogens is 382 g/mol. The highest BCUT2D eigenvalue weighted by Gasteiger charge is 2.12. The molecule has 0 radical (unpaired) electrons. The van der Waals surface area contributed by atoms with Gasteiger partial charge in [0.25, 0.3) is 0 Å². The predicted molar refractivity (Wildman–Crippen MR) is 120 cm³/mol. The van der Waals surface area contributed by atoms with Gasteiger partial charge in [0.05, 0.1) is 11.8 Å². The molecule has 1 heterocycles. The van der Waals surface area contributed by atoms with Gasteiger partial charge >= 0.3 is 5.63 Å². The van der Waals surface area contributed by atoms with Gasteiger partial charge in [-0.05, 0) is 61.1 Å². The third-order valence-electron chi connectivity index (χ3n) is 5.20. The normalized spacial score (nSPS) is 12.1. The number of carbonyl (C=O) groups excluding carboxylic acids is 1. The zero-order valence-electron chi connectivity index (χ0n) is 17.4. The van der Waals surface area contributed by atoms with Crippen molar-refractivity contribution in [1.82, 2.24) is 5.32 Å². The maximum Gasteiger partial charge on any atom is 0.336 e. The topological polar surface area (TPSA) is 59.3 Å². The van der Waals surface area contributed by atoms with E-state index in [0.717, 1.165) is 28.5 Å². The van der Waals surface area contributed by atoms with Crippen LogP contribution in [-0.2, 0) is 17.0 Å². The Labute approximate surface area is 175 Å². The van der Waals surface area contributed by atoms with E-state index in [-0.39, 0.29) is 17.6 Å². The number of benzene rings is 2. The van der Waals surface area contributed by atoms with Crippen molar-refractivity contribution in [3.05, 3.63) is 80.7 Å². The Bertz CT molecular complexity index is 1090. The smallest absolute Gasteiger partial charge is 0.336 e. The quantitative estimate of drug-likeness (QED) is 0.553. The van der Waals surface area contributed by atoms with Crippen LogP contribution in [0.3, 0.4) is 0 Å². The molecule has 29 heavy (non-hydrogen) atoms. The monoisotopic (exact) mass is 409 g/mol. The van der Waals surface area contributed by atoms with Crippen molar-refractivity contribution in [3.8, 4) is 0 Å². The Balaban J connectivity index is 1.61. The third-order valence-corrected chi connectivity index (χ3v) is 6.18. The molecule has 0 spiro atoms.